The van der Waals surface area contributed by atoms with Gasteiger partial charge in [0.2, 0.25) is 5.91 Å². The highest BCUT2D eigenvalue weighted by molar-refractivity contribution is 6.02. The smallest absolute Gasteiger partial charge is 0.234 e. The molecule has 1 aromatic rings. The molecule has 1 spiro atoms. The largest absolute Gasteiger partial charge is 0.550 e. The van der Waals surface area contributed by atoms with Crippen LogP contribution in [0, 0.1) is 18.8 Å². The Morgan fingerprint density at radius 3 is 3.00 bits per heavy atom. The molecule has 3 aliphatic rings. The van der Waals surface area contributed by atoms with Gasteiger partial charge in [0.05, 0.1) is 18.6 Å². The maximum absolute atomic E-state index is 12.7. The first kappa shape index (κ1) is 12.6. The number of carbonyl (C=O) groups excluding carboxylic acids is 2. The van der Waals surface area contributed by atoms with Crippen LogP contribution in [0.25, 0.3) is 0 Å². The van der Waals surface area contributed by atoms with E-state index in [1.807, 2.05) is 37.3 Å². The van der Waals surface area contributed by atoms with Crippen LogP contribution in [0.1, 0.15) is 5.56 Å². The Hall–Kier alpha value is -2.14. The second kappa shape index (κ2) is 3.95. The van der Waals surface area contributed by atoms with E-state index in [0.717, 1.165) is 11.3 Å². The van der Waals surface area contributed by atoms with Crippen LogP contribution in [-0.2, 0) is 14.3 Å². The molecule has 4 rings (SSSR count). The maximum Gasteiger partial charge on any atom is 0.234 e. The number of carboxylic acids is 1. The summed E-state index contributed by atoms with van der Waals surface area (Å²) in [5.74, 6) is -2.98. The molecule has 0 N–H and O–H groups in total. The van der Waals surface area contributed by atoms with E-state index in [1.54, 1.807) is 11.0 Å². The Morgan fingerprint density at radius 2 is 2.29 bits per heavy atom. The molecular formula is C16H14NO4-. The second-order valence-electron chi connectivity index (χ2n) is 5.98. The molecule has 0 aromatic heterocycles. The number of carbonyl (C=O) groups is 2. The van der Waals surface area contributed by atoms with Gasteiger partial charge in [0, 0.05) is 17.6 Å². The number of aliphatic carboxylic acids is 1. The van der Waals surface area contributed by atoms with Gasteiger partial charge in [0.1, 0.15) is 5.60 Å². The highest BCUT2D eigenvalue weighted by Gasteiger charge is 2.65. The molecule has 2 saturated heterocycles. The third-order valence-electron chi connectivity index (χ3n) is 4.69. The summed E-state index contributed by atoms with van der Waals surface area (Å²) in [4.78, 5) is 25.7. The minimum absolute atomic E-state index is 0.193. The van der Waals surface area contributed by atoms with E-state index in [1.165, 1.54) is 0 Å². The SMILES string of the molecule is Cc1cccc(N2C[C@@]34C=C[C@@H](O3)[C@H](C(=O)[O-])[C@H]4C2=O)c1. The lowest BCUT2D eigenvalue weighted by molar-refractivity contribution is -0.313. The van der Waals surface area contributed by atoms with Gasteiger partial charge in [0.25, 0.3) is 0 Å². The number of amides is 1. The number of ether oxygens (including phenoxy) is 1. The van der Waals surface area contributed by atoms with E-state index in [-0.39, 0.29) is 5.91 Å². The van der Waals surface area contributed by atoms with Crippen molar-refractivity contribution in [3.63, 3.8) is 0 Å². The van der Waals surface area contributed by atoms with Crippen molar-refractivity contribution in [1.29, 1.82) is 0 Å². The molecule has 108 valence electrons. The van der Waals surface area contributed by atoms with Gasteiger partial charge in [-0.1, -0.05) is 24.3 Å². The fourth-order valence-electron chi connectivity index (χ4n) is 3.78. The van der Waals surface area contributed by atoms with E-state index in [0.29, 0.717) is 6.54 Å². The number of carboxylic acid groups (broad SMARTS) is 1. The Kier molecular flexibility index (Phi) is 2.37. The van der Waals surface area contributed by atoms with E-state index in [2.05, 4.69) is 0 Å². The molecule has 5 nitrogen and oxygen atoms in total. The van der Waals surface area contributed by atoms with E-state index in [4.69, 9.17) is 4.74 Å². The van der Waals surface area contributed by atoms with E-state index < -0.39 is 29.5 Å². The summed E-state index contributed by atoms with van der Waals surface area (Å²) in [6.45, 7) is 2.31. The van der Waals surface area contributed by atoms with Gasteiger partial charge in [-0.2, -0.15) is 0 Å². The molecule has 0 unspecified atom stereocenters. The van der Waals surface area contributed by atoms with Crippen molar-refractivity contribution in [3.05, 3.63) is 42.0 Å². The Bertz CT molecular complexity index is 683. The molecule has 5 heteroatoms. The summed E-state index contributed by atoms with van der Waals surface area (Å²) in [6.07, 6.45) is 3.04. The average molecular weight is 284 g/mol. The molecular weight excluding hydrogens is 270 g/mol. The Labute approximate surface area is 121 Å². The molecule has 0 saturated carbocycles. The van der Waals surface area contributed by atoms with Gasteiger partial charge >= 0.3 is 0 Å². The van der Waals surface area contributed by atoms with Gasteiger partial charge in [-0.05, 0) is 24.6 Å². The second-order valence-corrected chi connectivity index (χ2v) is 5.98. The van der Waals surface area contributed by atoms with Gasteiger partial charge in [-0.25, -0.2) is 0 Å². The van der Waals surface area contributed by atoms with Crippen LogP contribution >= 0.6 is 0 Å². The predicted molar refractivity (Wildman–Crippen MR) is 72.3 cm³/mol. The number of nitrogens with zero attached hydrogens (tertiary/aromatic N) is 1. The number of anilines is 1. The number of hydrogen-bond donors (Lipinski definition) is 0. The summed E-state index contributed by atoms with van der Waals surface area (Å²) in [5, 5.41) is 11.4. The third-order valence-corrected chi connectivity index (χ3v) is 4.69. The summed E-state index contributed by atoms with van der Waals surface area (Å²) < 4.78 is 5.82. The lowest BCUT2D eigenvalue weighted by atomic mass is 9.77. The minimum atomic E-state index is -1.21. The summed E-state index contributed by atoms with van der Waals surface area (Å²) in [5.41, 5.74) is 1.02. The van der Waals surface area contributed by atoms with Crippen LogP contribution in [0.2, 0.25) is 0 Å². The molecule has 2 bridgehead atoms. The topological polar surface area (TPSA) is 69.7 Å². The van der Waals surface area contributed by atoms with Crippen LogP contribution in [0.15, 0.2) is 36.4 Å². The molecule has 4 atom stereocenters. The molecule has 3 aliphatic heterocycles. The zero-order chi connectivity index (χ0) is 14.8. The maximum atomic E-state index is 12.7. The molecule has 2 fully saturated rings. The van der Waals surface area contributed by atoms with Crippen molar-refractivity contribution in [2.45, 2.75) is 18.6 Å². The minimum Gasteiger partial charge on any atom is -0.550 e. The van der Waals surface area contributed by atoms with Gasteiger partial charge in [-0.15, -0.1) is 0 Å². The molecule has 1 amide bonds. The first-order valence-corrected chi connectivity index (χ1v) is 6.98. The van der Waals surface area contributed by atoms with Crippen molar-refractivity contribution in [2.75, 3.05) is 11.4 Å². The van der Waals surface area contributed by atoms with Crippen LogP contribution in [0.5, 0.6) is 0 Å². The number of benzene rings is 1. The number of aryl methyl sites for hydroxylation is 1. The molecule has 21 heavy (non-hydrogen) atoms. The number of rotatable bonds is 2. The molecule has 3 heterocycles. The number of fused-ring (bicyclic) bond motifs is 1. The average Bonchev–Trinajstić information content (AvgIpc) is 3.07. The van der Waals surface area contributed by atoms with Crippen LogP contribution < -0.4 is 10.0 Å². The first-order valence-electron chi connectivity index (χ1n) is 6.98. The van der Waals surface area contributed by atoms with Crippen molar-refractivity contribution in [2.24, 2.45) is 11.8 Å². The van der Waals surface area contributed by atoms with Crippen LogP contribution in [-0.4, -0.2) is 30.1 Å². The third kappa shape index (κ3) is 1.55. The summed E-state index contributed by atoms with van der Waals surface area (Å²) >= 11 is 0. The van der Waals surface area contributed by atoms with E-state index >= 15 is 0 Å². The molecule has 0 aliphatic carbocycles. The summed E-state index contributed by atoms with van der Waals surface area (Å²) in [6, 6.07) is 7.61. The number of hydrogen-bond acceptors (Lipinski definition) is 4. The van der Waals surface area contributed by atoms with Gasteiger partial charge < -0.3 is 19.5 Å². The standard InChI is InChI=1S/C16H15NO4/c1-9-3-2-4-10(7-9)17-8-16-6-5-11(21-16)12(15(19)20)13(16)14(17)18/h2-7,11-13H,8H2,1H3,(H,19,20)/p-1/t11-,12+,13+,16-/m1/s1. The van der Waals surface area contributed by atoms with E-state index in [9.17, 15) is 14.7 Å². The predicted octanol–water partition coefficient (Wildman–Crippen LogP) is 0.0313. The Balaban J connectivity index is 1.75. The monoisotopic (exact) mass is 284 g/mol. The zero-order valence-corrected chi connectivity index (χ0v) is 11.5. The highest BCUT2D eigenvalue weighted by Crippen LogP contribution is 2.52. The van der Waals surface area contributed by atoms with Gasteiger partial charge in [0.15, 0.2) is 0 Å². The Morgan fingerprint density at radius 1 is 1.48 bits per heavy atom. The fourth-order valence-corrected chi connectivity index (χ4v) is 3.78. The molecule has 1 aromatic carbocycles. The lowest BCUT2D eigenvalue weighted by Gasteiger charge is -2.24. The quantitative estimate of drug-likeness (QED) is 0.719. The fraction of sp³-hybridized carbons (Fsp3) is 0.375. The van der Waals surface area contributed by atoms with Gasteiger partial charge in [-0.3, -0.25) is 4.79 Å². The van der Waals surface area contributed by atoms with Crippen molar-refractivity contribution >= 4 is 17.6 Å². The summed E-state index contributed by atoms with van der Waals surface area (Å²) in [7, 11) is 0. The normalized spacial score (nSPS) is 36.3. The first-order chi connectivity index (χ1) is 10.0. The van der Waals surface area contributed by atoms with Crippen LogP contribution in [0.3, 0.4) is 0 Å². The zero-order valence-electron chi connectivity index (χ0n) is 11.5. The lowest BCUT2D eigenvalue weighted by Crippen LogP contribution is -2.45. The van der Waals surface area contributed by atoms with Crippen molar-refractivity contribution in [3.8, 4) is 0 Å². The highest BCUT2D eigenvalue weighted by atomic mass is 16.5. The van der Waals surface area contributed by atoms with Crippen molar-refractivity contribution < 1.29 is 19.4 Å². The molecule has 0 radical (unpaired) electrons. The van der Waals surface area contributed by atoms with Crippen LogP contribution in [0.4, 0.5) is 5.69 Å². The van der Waals surface area contributed by atoms with Crippen molar-refractivity contribution in [1.82, 2.24) is 0 Å².